The number of aryl methyl sites for hydroxylation is 1. The van der Waals surface area contributed by atoms with Crippen molar-refractivity contribution in [2.45, 2.75) is 32.2 Å². The summed E-state index contributed by atoms with van der Waals surface area (Å²) in [6, 6.07) is 27.4. The van der Waals surface area contributed by atoms with Crippen LogP contribution >= 0.6 is 0 Å². The van der Waals surface area contributed by atoms with E-state index in [1.54, 1.807) is 7.11 Å². The van der Waals surface area contributed by atoms with Gasteiger partial charge in [-0.15, -0.1) is 0 Å². The van der Waals surface area contributed by atoms with Gasteiger partial charge >= 0.3 is 0 Å². The van der Waals surface area contributed by atoms with E-state index in [9.17, 15) is 8.42 Å². The molecule has 5 rings (SSSR count). The summed E-state index contributed by atoms with van der Waals surface area (Å²) < 4.78 is 39.1. The Labute approximate surface area is 212 Å². The monoisotopic (exact) mass is 500 g/mol. The number of nitrogens with zero attached hydrogens (tertiary/aromatic N) is 1. The number of rotatable bonds is 8. The number of hydrogen-bond donors (Lipinski definition) is 1. The molecule has 4 aromatic rings. The fourth-order valence-electron chi connectivity index (χ4n) is 5.01. The van der Waals surface area contributed by atoms with Gasteiger partial charge in [0.1, 0.15) is 12.3 Å². The predicted molar refractivity (Wildman–Crippen MR) is 144 cm³/mol. The normalized spacial score (nSPS) is 14.3. The van der Waals surface area contributed by atoms with Crippen LogP contribution < -0.4 is 9.30 Å². The van der Waals surface area contributed by atoms with Gasteiger partial charge in [-0.3, -0.25) is 4.55 Å². The summed E-state index contributed by atoms with van der Waals surface area (Å²) in [5.74, 6) is 0.578. The van der Waals surface area contributed by atoms with E-state index < -0.39 is 10.1 Å². The highest BCUT2D eigenvalue weighted by Crippen LogP contribution is 2.31. The van der Waals surface area contributed by atoms with Crippen molar-refractivity contribution in [2.24, 2.45) is 0 Å². The van der Waals surface area contributed by atoms with Crippen LogP contribution in [0.25, 0.3) is 28.1 Å². The average Bonchev–Trinajstić information content (AvgIpc) is 3.28. The van der Waals surface area contributed by atoms with E-state index in [-0.39, 0.29) is 5.75 Å². The van der Waals surface area contributed by atoms with E-state index in [1.165, 1.54) is 27.8 Å². The first-order chi connectivity index (χ1) is 17.4. The largest absolute Gasteiger partial charge is 0.497 e. The van der Waals surface area contributed by atoms with E-state index in [1.807, 2.05) is 18.2 Å². The number of aromatic nitrogens is 1. The molecule has 184 valence electrons. The fourth-order valence-corrected chi connectivity index (χ4v) is 5.58. The number of fused-ring (bicyclic) bond motifs is 2. The summed E-state index contributed by atoms with van der Waals surface area (Å²) in [5.41, 5.74) is 8.72. The first-order valence-electron chi connectivity index (χ1n) is 12.2. The highest BCUT2D eigenvalue weighted by atomic mass is 32.2. The number of benzene rings is 3. The van der Waals surface area contributed by atoms with Crippen molar-refractivity contribution < 1.29 is 22.3 Å². The zero-order valence-electron chi connectivity index (χ0n) is 20.4. The van der Waals surface area contributed by atoms with Gasteiger partial charge in [0, 0.05) is 24.6 Å². The van der Waals surface area contributed by atoms with Crippen LogP contribution in [0.4, 0.5) is 0 Å². The highest BCUT2D eigenvalue weighted by molar-refractivity contribution is 7.85. The van der Waals surface area contributed by atoms with Crippen LogP contribution in [0.15, 0.2) is 84.4 Å². The second kappa shape index (κ2) is 10.2. The van der Waals surface area contributed by atoms with Crippen molar-refractivity contribution in [3.8, 4) is 16.9 Å². The van der Waals surface area contributed by atoms with Gasteiger partial charge in [0.05, 0.1) is 18.2 Å². The molecule has 0 radical (unpaired) electrons. The van der Waals surface area contributed by atoms with E-state index in [2.05, 4.69) is 71.3 Å². The van der Waals surface area contributed by atoms with Crippen LogP contribution in [-0.4, -0.2) is 25.8 Å². The van der Waals surface area contributed by atoms with Crippen molar-refractivity contribution in [1.29, 1.82) is 0 Å². The summed E-state index contributed by atoms with van der Waals surface area (Å²) in [5, 5.41) is 1.06. The smallest absolute Gasteiger partial charge is 0.264 e. The van der Waals surface area contributed by atoms with Crippen LogP contribution in [0.5, 0.6) is 5.75 Å². The van der Waals surface area contributed by atoms with Crippen molar-refractivity contribution in [3.05, 3.63) is 101 Å². The maximum absolute atomic E-state index is 11.2. The second-order valence-corrected chi connectivity index (χ2v) is 10.9. The van der Waals surface area contributed by atoms with Gasteiger partial charge < -0.3 is 4.74 Å². The lowest BCUT2D eigenvalue weighted by Gasteiger charge is -2.08. The molecule has 6 heteroatoms. The summed E-state index contributed by atoms with van der Waals surface area (Å²) in [4.78, 5) is 0. The lowest BCUT2D eigenvalue weighted by Crippen LogP contribution is -2.38. The molecular weight excluding hydrogens is 470 g/mol. The van der Waals surface area contributed by atoms with Crippen molar-refractivity contribution >= 4 is 27.1 Å². The van der Waals surface area contributed by atoms with Crippen molar-refractivity contribution in [2.75, 3.05) is 12.9 Å². The number of ether oxygens (including phenoxy) is 1. The van der Waals surface area contributed by atoms with Gasteiger partial charge in [-0.2, -0.15) is 13.0 Å². The Balaban J connectivity index is 1.45. The van der Waals surface area contributed by atoms with Gasteiger partial charge in [-0.1, -0.05) is 54.1 Å². The van der Waals surface area contributed by atoms with Gasteiger partial charge in [0.2, 0.25) is 11.2 Å². The second-order valence-electron chi connectivity index (χ2n) is 9.33. The molecule has 0 spiro atoms. The minimum Gasteiger partial charge on any atom is -0.497 e. The maximum Gasteiger partial charge on any atom is 0.264 e. The standard InChI is InChI=1S/C30H29NO4S/c1-35-29-13-14-30-26(21-29)11-12-28(31(30)15-5-6-16-36(32,33)34)19-22-17-24-9-10-25(20-27(24)18-22)23-7-3-2-4-8-23/h2-4,7-14,19-21H,5-6,15-18H2,1H3/p+1. The zero-order chi connectivity index (χ0) is 25.1. The third kappa shape index (κ3) is 5.50. The van der Waals surface area contributed by atoms with Crippen molar-refractivity contribution in [1.82, 2.24) is 0 Å². The summed E-state index contributed by atoms with van der Waals surface area (Å²) in [6.07, 6.45) is 5.16. The highest BCUT2D eigenvalue weighted by Gasteiger charge is 2.20. The predicted octanol–water partition coefficient (Wildman–Crippen LogP) is 5.65. The SMILES string of the molecule is COc1ccc2c(ccc(C=C3Cc4ccc(-c5ccccc5)cc4C3)[n+]2CCCCS(=O)(=O)O)c1. The number of hydrogen-bond acceptors (Lipinski definition) is 3. The third-order valence-electron chi connectivity index (χ3n) is 6.81. The molecule has 0 unspecified atom stereocenters. The lowest BCUT2D eigenvalue weighted by molar-refractivity contribution is -0.673. The maximum atomic E-state index is 11.2. The Kier molecular flexibility index (Phi) is 6.90. The Morgan fingerprint density at radius 2 is 1.69 bits per heavy atom. The quantitative estimate of drug-likeness (QED) is 0.193. The molecule has 0 saturated carbocycles. The number of pyridine rings is 1. The molecule has 0 bridgehead atoms. The first kappa shape index (κ1) is 24.2. The molecular formula is C30H30NO4S+. The minimum atomic E-state index is -3.95. The van der Waals surface area contributed by atoms with Crippen LogP contribution in [0.1, 0.15) is 29.7 Å². The molecule has 0 fully saturated rings. The molecule has 3 aromatic carbocycles. The van der Waals surface area contributed by atoms with E-state index in [4.69, 9.17) is 9.29 Å². The summed E-state index contributed by atoms with van der Waals surface area (Å²) >= 11 is 0. The molecule has 5 nitrogen and oxygen atoms in total. The van der Waals surface area contributed by atoms with E-state index in [0.717, 1.165) is 35.2 Å². The van der Waals surface area contributed by atoms with Crippen LogP contribution in [-0.2, 0) is 29.5 Å². The molecule has 0 atom stereocenters. The lowest BCUT2D eigenvalue weighted by atomic mass is 10.0. The van der Waals surface area contributed by atoms with Crippen molar-refractivity contribution in [3.63, 3.8) is 0 Å². The van der Waals surface area contributed by atoms with E-state index >= 15 is 0 Å². The molecule has 1 aliphatic carbocycles. The number of unbranched alkanes of at least 4 members (excludes halogenated alkanes) is 1. The fraction of sp³-hybridized carbons (Fsp3) is 0.233. The first-order valence-corrected chi connectivity index (χ1v) is 13.8. The topological polar surface area (TPSA) is 67.5 Å². The third-order valence-corrected chi connectivity index (χ3v) is 7.61. The number of methoxy groups -OCH3 is 1. The molecule has 0 aliphatic heterocycles. The Hall–Kier alpha value is -3.48. The van der Waals surface area contributed by atoms with E-state index in [0.29, 0.717) is 19.4 Å². The van der Waals surface area contributed by atoms with Gasteiger partial charge in [0.15, 0.2) is 0 Å². The summed E-state index contributed by atoms with van der Waals surface area (Å²) in [6.45, 7) is 0.656. The molecule has 1 heterocycles. The minimum absolute atomic E-state index is 0.221. The summed E-state index contributed by atoms with van der Waals surface area (Å²) in [7, 11) is -2.29. The van der Waals surface area contributed by atoms with Gasteiger partial charge in [-0.05, 0) is 59.7 Å². The van der Waals surface area contributed by atoms with Gasteiger partial charge in [-0.25, -0.2) is 0 Å². The number of allylic oxidation sites excluding steroid dienone is 1. The van der Waals surface area contributed by atoms with Crippen LogP contribution in [0.3, 0.4) is 0 Å². The zero-order valence-corrected chi connectivity index (χ0v) is 21.2. The molecule has 0 amide bonds. The average molecular weight is 501 g/mol. The molecule has 1 aliphatic rings. The Morgan fingerprint density at radius 3 is 2.47 bits per heavy atom. The molecule has 1 N–H and O–H groups in total. The molecule has 0 saturated heterocycles. The Bertz CT molecular complexity index is 1540. The molecule has 36 heavy (non-hydrogen) atoms. The Morgan fingerprint density at radius 1 is 0.889 bits per heavy atom. The molecule has 1 aromatic heterocycles. The van der Waals surface area contributed by atoms with Crippen LogP contribution in [0, 0.1) is 0 Å². The van der Waals surface area contributed by atoms with Crippen LogP contribution in [0.2, 0.25) is 0 Å². The van der Waals surface area contributed by atoms with Gasteiger partial charge in [0.25, 0.3) is 10.1 Å².